The molecule has 0 bridgehead atoms. The van der Waals surface area contributed by atoms with Crippen LogP contribution in [0.5, 0.6) is 0 Å². The van der Waals surface area contributed by atoms with E-state index in [0.717, 1.165) is 0 Å². The van der Waals surface area contributed by atoms with Crippen molar-refractivity contribution in [1.82, 2.24) is 0 Å². The summed E-state index contributed by atoms with van der Waals surface area (Å²) in [6.45, 7) is 4.54. The lowest BCUT2D eigenvalue weighted by Crippen LogP contribution is -2.18. The van der Waals surface area contributed by atoms with Crippen molar-refractivity contribution in [3.8, 4) is 0 Å². The molecule has 0 radical (unpaired) electrons. The number of carbonyl (C=O) groups excluding carboxylic acids is 1. The summed E-state index contributed by atoms with van der Waals surface area (Å²) in [7, 11) is 0. The molecule has 0 aliphatic heterocycles. The van der Waals surface area contributed by atoms with Gasteiger partial charge in [0, 0.05) is 0 Å². The van der Waals surface area contributed by atoms with Crippen molar-refractivity contribution in [2.45, 2.75) is 65.2 Å². The quantitative estimate of drug-likeness (QED) is 0.612. The number of carbonyl (C=O) groups is 1. The molecule has 0 aliphatic rings. The maximum Gasteiger partial charge on any atom is 0.309 e. The zero-order chi connectivity index (χ0) is 11.2. The second-order valence-corrected chi connectivity index (χ2v) is 3.52. The van der Waals surface area contributed by atoms with Crippen LogP contribution >= 0.6 is 0 Å². The molecular weight excluding hydrogens is 176 g/mol. The molecule has 0 saturated carbocycles. The summed E-state index contributed by atoms with van der Waals surface area (Å²) in [4.78, 5) is 9.00. The van der Waals surface area contributed by atoms with E-state index in [0.29, 0.717) is 0 Å². The van der Waals surface area contributed by atoms with Crippen LogP contribution in [0.1, 0.15) is 65.2 Å². The van der Waals surface area contributed by atoms with Crippen molar-refractivity contribution < 1.29 is 4.79 Å². The van der Waals surface area contributed by atoms with Gasteiger partial charge in [0.1, 0.15) is 0 Å². The molecule has 0 rings (SSSR count). The summed E-state index contributed by atoms with van der Waals surface area (Å²) in [5.41, 5.74) is 8.50. The lowest BCUT2D eigenvalue weighted by molar-refractivity contribution is 0.256. The fourth-order valence-electron chi connectivity index (χ4n) is 1.21. The van der Waals surface area contributed by atoms with Crippen LogP contribution in [0.4, 0.5) is 4.79 Å². The third kappa shape index (κ3) is 30.2. The molecule has 3 nitrogen and oxygen atoms in total. The molecular formula is C11H26N2O. The average molecular weight is 202 g/mol. The number of nitrogens with two attached hydrogens (primary N) is 2. The van der Waals surface area contributed by atoms with Crippen LogP contribution in [0.15, 0.2) is 0 Å². The Morgan fingerprint density at radius 2 is 1.00 bits per heavy atom. The fourth-order valence-corrected chi connectivity index (χ4v) is 1.21. The molecule has 0 fully saturated rings. The number of urea groups is 1. The molecule has 86 valence electrons. The van der Waals surface area contributed by atoms with Crippen molar-refractivity contribution in [1.29, 1.82) is 0 Å². The van der Waals surface area contributed by atoms with E-state index in [1.807, 2.05) is 0 Å². The smallest absolute Gasteiger partial charge is 0.309 e. The first-order valence-corrected chi connectivity index (χ1v) is 5.70. The van der Waals surface area contributed by atoms with Crippen molar-refractivity contribution in [2.75, 3.05) is 0 Å². The van der Waals surface area contributed by atoms with E-state index in [2.05, 4.69) is 25.3 Å². The number of rotatable bonds is 7. The Morgan fingerprint density at radius 3 is 1.21 bits per heavy atom. The van der Waals surface area contributed by atoms with Gasteiger partial charge in [-0.15, -0.1) is 0 Å². The first-order chi connectivity index (χ1) is 6.65. The number of hydrogen-bond donors (Lipinski definition) is 2. The molecule has 2 amide bonds. The monoisotopic (exact) mass is 202 g/mol. The lowest BCUT2D eigenvalue weighted by atomic mass is 10.1. The SMILES string of the molecule is CCCCCCCCCC.NC(N)=O. The van der Waals surface area contributed by atoms with Crippen LogP contribution in [-0.4, -0.2) is 6.03 Å². The maximum absolute atomic E-state index is 9.00. The van der Waals surface area contributed by atoms with Crippen LogP contribution in [0.3, 0.4) is 0 Å². The second kappa shape index (κ2) is 14.8. The molecule has 0 aliphatic carbocycles. The molecule has 14 heavy (non-hydrogen) atoms. The summed E-state index contributed by atoms with van der Waals surface area (Å²) in [5.74, 6) is 0. The molecule has 0 spiro atoms. The topological polar surface area (TPSA) is 69.1 Å². The molecule has 4 N–H and O–H groups in total. The van der Waals surface area contributed by atoms with E-state index in [1.54, 1.807) is 0 Å². The zero-order valence-corrected chi connectivity index (χ0v) is 9.72. The van der Waals surface area contributed by atoms with E-state index < -0.39 is 6.03 Å². The highest BCUT2D eigenvalue weighted by molar-refractivity contribution is 5.69. The van der Waals surface area contributed by atoms with Gasteiger partial charge in [-0.2, -0.15) is 0 Å². The van der Waals surface area contributed by atoms with E-state index in [9.17, 15) is 0 Å². The Morgan fingerprint density at radius 1 is 0.786 bits per heavy atom. The number of amides is 2. The molecule has 0 aromatic rings. The zero-order valence-electron chi connectivity index (χ0n) is 9.72. The van der Waals surface area contributed by atoms with Gasteiger partial charge in [-0.25, -0.2) is 4.79 Å². The van der Waals surface area contributed by atoms with Gasteiger partial charge in [0.05, 0.1) is 0 Å². The third-order valence-electron chi connectivity index (χ3n) is 1.96. The summed E-state index contributed by atoms with van der Waals surface area (Å²) >= 11 is 0. The Balaban J connectivity index is 0. The first kappa shape index (κ1) is 15.7. The summed E-state index contributed by atoms with van der Waals surface area (Å²) in [6, 6.07) is -0.833. The number of unbranched alkanes of at least 4 members (excludes halogenated alkanes) is 7. The Labute approximate surface area is 88.2 Å². The highest BCUT2D eigenvalue weighted by Crippen LogP contribution is 2.07. The largest absolute Gasteiger partial charge is 0.352 e. The minimum atomic E-state index is -0.833. The maximum atomic E-state index is 9.00. The predicted molar refractivity (Wildman–Crippen MR) is 62.1 cm³/mol. The molecule has 0 heterocycles. The highest BCUT2D eigenvalue weighted by atomic mass is 16.2. The van der Waals surface area contributed by atoms with E-state index in [1.165, 1.54) is 51.4 Å². The van der Waals surface area contributed by atoms with Crippen molar-refractivity contribution in [2.24, 2.45) is 11.5 Å². The highest BCUT2D eigenvalue weighted by Gasteiger charge is 1.87. The normalized spacial score (nSPS) is 9.00. The fraction of sp³-hybridized carbons (Fsp3) is 0.909. The first-order valence-electron chi connectivity index (χ1n) is 5.70. The Kier molecular flexibility index (Phi) is 16.6. The van der Waals surface area contributed by atoms with Gasteiger partial charge in [-0.1, -0.05) is 65.2 Å². The van der Waals surface area contributed by atoms with E-state index in [4.69, 9.17) is 4.79 Å². The van der Waals surface area contributed by atoms with Gasteiger partial charge in [0.15, 0.2) is 0 Å². The molecule has 0 unspecified atom stereocenters. The van der Waals surface area contributed by atoms with Gasteiger partial charge in [-0.05, 0) is 0 Å². The van der Waals surface area contributed by atoms with Crippen molar-refractivity contribution in [3.63, 3.8) is 0 Å². The van der Waals surface area contributed by atoms with Gasteiger partial charge < -0.3 is 11.5 Å². The Hall–Kier alpha value is -0.730. The van der Waals surface area contributed by atoms with Gasteiger partial charge in [0.2, 0.25) is 0 Å². The summed E-state index contributed by atoms with van der Waals surface area (Å²) in [6.07, 6.45) is 11.5. The third-order valence-corrected chi connectivity index (χ3v) is 1.96. The summed E-state index contributed by atoms with van der Waals surface area (Å²) < 4.78 is 0. The van der Waals surface area contributed by atoms with Gasteiger partial charge in [0.25, 0.3) is 0 Å². The van der Waals surface area contributed by atoms with Crippen LogP contribution in [0, 0.1) is 0 Å². The molecule has 0 aromatic carbocycles. The average Bonchev–Trinajstić information content (AvgIpc) is 2.10. The van der Waals surface area contributed by atoms with Crippen molar-refractivity contribution >= 4 is 6.03 Å². The van der Waals surface area contributed by atoms with Crippen LogP contribution in [0.25, 0.3) is 0 Å². The van der Waals surface area contributed by atoms with E-state index in [-0.39, 0.29) is 0 Å². The molecule has 3 heteroatoms. The summed E-state index contributed by atoms with van der Waals surface area (Å²) in [5, 5.41) is 0. The molecule has 0 saturated heterocycles. The number of hydrogen-bond acceptors (Lipinski definition) is 1. The number of primary amides is 2. The van der Waals surface area contributed by atoms with Crippen LogP contribution < -0.4 is 11.5 Å². The Bertz CT molecular complexity index is 104. The van der Waals surface area contributed by atoms with Crippen LogP contribution in [-0.2, 0) is 0 Å². The minimum absolute atomic E-state index is 0.833. The standard InChI is InChI=1S/C10H22.CH4N2O/c1-3-5-7-9-10-8-6-4-2;2-1(3)4/h3-10H2,1-2H3;(H4,2,3,4). The minimum Gasteiger partial charge on any atom is -0.352 e. The molecule has 0 aromatic heterocycles. The van der Waals surface area contributed by atoms with Gasteiger partial charge in [-0.3, -0.25) is 0 Å². The predicted octanol–water partition coefficient (Wildman–Crippen LogP) is 3.17. The van der Waals surface area contributed by atoms with Gasteiger partial charge >= 0.3 is 6.03 Å². The van der Waals surface area contributed by atoms with E-state index >= 15 is 0 Å². The second-order valence-electron chi connectivity index (χ2n) is 3.52. The van der Waals surface area contributed by atoms with Crippen molar-refractivity contribution in [3.05, 3.63) is 0 Å². The van der Waals surface area contributed by atoms with Crippen LogP contribution in [0.2, 0.25) is 0 Å². The lowest BCUT2D eigenvalue weighted by Gasteiger charge is -1.97. The molecule has 0 atom stereocenters.